The first-order valence-corrected chi connectivity index (χ1v) is 15.6. The molecule has 1 atom stereocenters. The number of ether oxygens (including phenoxy) is 2. The molecule has 0 radical (unpaired) electrons. The Morgan fingerprint density at radius 3 is 2.14 bits per heavy atom. The summed E-state index contributed by atoms with van der Waals surface area (Å²) in [5.41, 5.74) is 1.99. The SMILES string of the molecule is CCNC(=O)CCC(Nc1ccc(C(=O)CC(C)=O)cc1)C(=O)c1c(C=CC(=O)CC(=O)C=Cc2ccc(O)c(OC)c2)cccc1OC. The van der Waals surface area contributed by atoms with Crippen LogP contribution in [0.25, 0.3) is 12.2 Å². The monoisotopic (exact) mass is 668 g/mol. The number of anilines is 1. The van der Waals surface area contributed by atoms with Gasteiger partial charge < -0.3 is 25.2 Å². The molecular formula is C38H40N2O9. The molecule has 3 aromatic rings. The van der Waals surface area contributed by atoms with Gasteiger partial charge in [-0.25, -0.2) is 0 Å². The van der Waals surface area contributed by atoms with Crippen molar-refractivity contribution in [2.24, 2.45) is 0 Å². The molecule has 0 aliphatic heterocycles. The van der Waals surface area contributed by atoms with Crippen molar-refractivity contribution in [3.63, 3.8) is 0 Å². The van der Waals surface area contributed by atoms with E-state index in [0.29, 0.717) is 28.9 Å². The van der Waals surface area contributed by atoms with Crippen LogP contribution in [0.15, 0.2) is 72.8 Å². The van der Waals surface area contributed by atoms with E-state index in [9.17, 15) is 33.9 Å². The summed E-state index contributed by atoms with van der Waals surface area (Å²) in [6.45, 7) is 3.56. The molecule has 0 aliphatic rings. The first-order valence-electron chi connectivity index (χ1n) is 15.6. The molecule has 49 heavy (non-hydrogen) atoms. The number of Topliss-reactive ketones (excluding diaryl/α,β-unsaturated/α-hetero) is 3. The van der Waals surface area contributed by atoms with Crippen LogP contribution in [0, 0.1) is 0 Å². The smallest absolute Gasteiger partial charge is 0.220 e. The number of nitrogens with one attached hydrogen (secondary N) is 2. The Kier molecular flexibility index (Phi) is 14.2. The zero-order valence-corrected chi connectivity index (χ0v) is 27.9. The minimum Gasteiger partial charge on any atom is -0.504 e. The van der Waals surface area contributed by atoms with E-state index in [-0.39, 0.29) is 59.5 Å². The predicted octanol–water partition coefficient (Wildman–Crippen LogP) is 5.41. The number of rotatable bonds is 19. The fourth-order valence-electron chi connectivity index (χ4n) is 4.87. The second-order valence-electron chi connectivity index (χ2n) is 11.1. The van der Waals surface area contributed by atoms with Crippen LogP contribution in [0.5, 0.6) is 17.2 Å². The number of phenolic OH excluding ortho intramolecular Hbond substituents is 1. The van der Waals surface area contributed by atoms with E-state index in [1.54, 1.807) is 61.5 Å². The van der Waals surface area contributed by atoms with E-state index in [2.05, 4.69) is 10.6 Å². The van der Waals surface area contributed by atoms with E-state index >= 15 is 0 Å². The van der Waals surface area contributed by atoms with Crippen LogP contribution in [0.4, 0.5) is 5.69 Å². The van der Waals surface area contributed by atoms with Gasteiger partial charge in [0.2, 0.25) is 5.91 Å². The third-order valence-electron chi connectivity index (χ3n) is 7.30. The molecule has 0 heterocycles. The first-order chi connectivity index (χ1) is 23.4. The van der Waals surface area contributed by atoms with Crippen LogP contribution in [-0.4, -0.2) is 66.7 Å². The highest BCUT2D eigenvalue weighted by atomic mass is 16.5. The summed E-state index contributed by atoms with van der Waals surface area (Å²) in [5, 5.41) is 15.6. The summed E-state index contributed by atoms with van der Waals surface area (Å²) in [7, 11) is 2.82. The molecular weight excluding hydrogens is 628 g/mol. The molecule has 0 aliphatic carbocycles. The zero-order valence-electron chi connectivity index (χ0n) is 27.9. The molecule has 0 spiro atoms. The van der Waals surface area contributed by atoms with Crippen LogP contribution in [0.1, 0.15) is 71.4 Å². The van der Waals surface area contributed by atoms with Crippen LogP contribution in [-0.2, 0) is 19.2 Å². The molecule has 0 saturated carbocycles. The van der Waals surface area contributed by atoms with Gasteiger partial charge in [-0.1, -0.05) is 30.4 Å². The Morgan fingerprint density at radius 1 is 0.837 bits per heavy atom. The highest BCUT2D eigenvalue weighted by Gasteiger charge is 2.26. The zero-order chi connectivity index (χ0) is 35.9. The van der Waals surface area contributed by atoms with E-state index in [0.717, 1.165) is 0 Å². The van der Waals surface area contributed by atoms with Crippen molar-refractivity contribution >= 4 is 52.7 Å². The summed E-state index contributed by atoms with van der Waals surface area (Å²) in [5.74, 6) is -1.71. The predicted molar refractivity (Wildman–Crippen MR) is 186 cm³/mol. The molecule has 0 aromatic heterocycles. The Labute approximate surface area is 285 Å². The van der Waals surface area contributed by atoms with Gasteiger partial charge in [0.05, 0.1) is 38.7 Å². The number of hydrogen-bond donors (Lipinski definition) is 3. The number of amides is 1. The molecule has 256 valence electrons. The van der Waals surface area contributed by atoms with Gasteiger partial charge >= 0.3 is 0 Å². The van der Waals surface area contributed by atoms with Gasteiger partial charge in [-0.15, -0.1) is 0 Å². The lowest BCUT2D eigenvalue weighted by Crippen LogP contribution is -2.33. The maximum atomic E-state index is 14.2. The Morgan fingerprint density at radius 2 is 1.51 bits per heavy atom. The standard InChI is InChI=1S/C38H40N2O9/c1-5-39-36(46)20-18-31(40-28-14-11-26(12-15-28)33(45)21-24(2)41)38(47)37-27(7-6-8-34(37)48-3)13-17-30(43)23-29(42)16-9-25-10-19-32(44)35(22-25)49-4/h6-17,19,22,31,40,44H,5,18,20-21,23H2,1-4H3,(H,39,46). The van der Waals surface area contributed by atoms with E-state index in [1.807, 2.05) is 0 Å². The number of carbonyl (C=O) groups is 6. The molecule has 1 unspecified atom stereocenters. The third-order valence-corrected chi connectivity index (χ3v) is 7.30. The van der Waals surface area contributed by atoms with Crippen molar-refractivity contribution in [2.75, 3.05) is 26.1 Å². The van der Waals surface area contributed by atoms with E-state index < -0.39 is 29.8 Å². The Bertz CT molecular complexity index is 1760. The van der Waals surface area contributed by atoms with Crippen LogP contribution < -0.4 is 20.1 Å². The highest BCUT2D eigenvalue weighted by molar-refractivity contribution is 6.12. The van der Waals surface area contributed by atoms with Crippen molar-refractivity contribution in [1.82, 2.24) is 5.32 Å². The minimum atomic E-state index is -0.911. The summed E-state index contributed by atoms with van der Waals surface area (Å²) in [6, 6.07) is 14.9. The van der Waals surface area contributed by atoms with Gasteiger partial charge in [-0.2, -0.15) is 0 Å². The number of carbonyl (C=O) groups excluding carboxylic acids is 6. The van der Waals surface area contributed by atoms with Gasteiger partial charge in [0.1, 0.15) is 11.5 Å². The minimum absolute atomic E-state index is 0.0395. The Hall–Kier alpha value is -5.84. The highest BCUT2D eigenvalue weighted by Crippen LogP contribution is 2.28. The van der Waals surface area contributed by atoms with Crippen molar-refractivity contribution in [3.05, 3.63) is 95.1 Å². The van der Waals surface area contributed by atoms with Crippen molar-refractivity contribution in [2.45, 2.75) is 45.6 Å². The largest absolute Gasteiger partial charge is 0.504 e. The summed E-state index contributed by atoms with van der Waals surface area (Å²) < 4.78 is 10.6. The number of hydrogen-bond acceptors (Lipinski definition) is 10. The number of aromatic hydroxyl groups is 1. The number of benzene rings is 3. The van der Waals surface area contributed by atoms with E-state index in [4.69, 9.17) is 9.47 Å². The normalized spacial score (nSPS) is 11.6. The lowest BCUT2D eigenvalue weighted by molar-refractivity contribution is -0.122. The lowest BCUT2D eigenvalue weighted by Gasteiger charge is -2.21. The lowest BCUT2D eigenvalue weighted by atomic mass is 9.94. The number of ketones is 5. The fraction of sp³-hybridized carbons (Fsp3) is 0.263. The van der Waals surface area contributed by atoms with Gasteiger partial charge in [-0.3, -0.25) is 28.8 Å². The molecule has 0 fully saturated rings. The third kappa shape index (κ3) is 11.4. The van der Waals surface area contributed by atoms with Crippen LogP contribution in [0.2, 0.25) is 0 Å². The van der Waals surface area contributed by atoms with E-state index in [1.165, 1.54) is 51.5 Å². The van der Waals surface area contributed by atoms with Crippen LogP contribution in [0.3, 0.4) is 0 Å². The average molecular weight is 669 g/mol. The molecule has 3 aromatic carbocycles. The molecule has 11 nitrogen and oxygen atoms in total. The number of phenols is 1. The van der Waals surface area contributed by atoms with Crippen LogP contribution >= 0.6 is 0 Å². The Balaban J connectivity index is 1.83. The summed E-state index contributed by atoms with van der Waals surface area (Å²) >= 11 is 0. The molecule has 3 N–H and O–H groups in total. The summed E-state index contributed by atoms with van der Waals surface area (Å²) in [4.78, 5) is 75.4. The fourth-order valence-corrected chi connectivity index (χ4v) is 4.87. The van der Waals surface area contributed by atoms with Crippen molar-refractivity contribution in [1.29, 1.82) is 0 Å². The number of allylic oxidation sites excluding steroid dienone is 2. The molecule has 0 saturated heterocycles. The van der Waals surface area contributed by atoms with Crippen molar-refractivity contribution < 1.29 is 43.3 Å². The first kappa shape index (κ1) is 37.6. The average Bonchev–Trinajstić information content (AvgIpc) is 3.08. The summed E-state index contributed by atoms with van der Waals surface area (Å²) in [6.07, 6.45) is 4.94. The molecule has 3 rings (SSSR count). The molecule has 1 amide bonds. The maximum Gasteiger partial charge on any atom is 0.220 e. The van der Waals surface area contributed by atoms with Crippen molar-refractivity contribution in [3.8, 4) is 17.2 Å². The second kappa shape index (κ2) is 18.5. The van der Waals surface area contributed by atoms with Gasteiger partial charge in [0, 0.05) is 24.2 Å². The van der Waals surface area contributed by atoms with Gasteiger partial charge in [0.15, 0.2) is 34.6 Å². The quantitative estimate of drug-likeness (QED) is 0.0855. The number of methoxy groups -OCH3 is 2. The van der Waals surface area contributed by atoms with Gasteiger partial charge in [-0.05, 0) is 86.0 Å². The topological polar surface area (TPSA) is 165 Å². The second-order valence-corrected chi connectivity index (χ2v) is 11.1. The molecule has 11 heteroatoms. The molecule has 0 bridgehead atoms. The van der Waals surface area contributed by atoms with Gasteiger partial charge in [0.25, 0.3) is 0 Å². The maximum absolute atomic E-state index is 14.2.